The van der Waals surface area contributed by atoms with Crippen molar-refractivity contribution >= 4 is 16.9 Å². The van der Waals surface area contributed by atoms with Crippen LogP contribution in [0.2, 0.25) is 0 Å². The number of carbonyl (C=O) groups excluding carboxylic acids is 1. The molecule has 0 radical (unpaired) electrons. The molecule has 0 atom stereocenters. The van der Waals surface area contributed by atoms with Gasteiger partial charge in [-0.1, -0.05) is 38.0 Å². The molecule has 0 unspecified atom stereocenters. The topological polar surface area (TPSA) is 48.3 Å². The van der Waals surface area contributed by atoms with Crippen molar-refractivity contribution in [2.24, 2.45) is 0 Å². The number of pyridine rings is 1. The van der Waals surface area contributed by atoms with E-state index in [1.165, 1.54) is 4.57 Å². The Labute approximate surface area is 124 Å². The van der Waals surface area contributed by atoms with Crippen molar-refractivity contribution < 1.29 is 9.53 Å². The predicted octanol–water partition coefficient (Wildman–Crippen LogP) is 3.04. The first-order valence-electron chi connectivity index (χ1n) is 7.38. The molecule has 2 rings (SSSR count). The van der Waals surface area contributed by atoms with Crippen LogP contribution < -0.4 is 5.56 Å². The zero-order chi connectivity index (χ0) is 15.2. The second-order valence-electron chi connectivity index (χ2n) is 5.20. The molecule has 0 saturated heterocycles. The number of hydrogen-bond donors (Lipinski definition) is 0. The van der Waals surface area contributed by atoms with Gasteiger partial charge in [0.05, 0.1) is 12.1 Å². The Balaban J connectivity index is 2.18. The van der Waals surface area contributed by atoms with E-state index in [1.807, 2.05) is 31.2 Å². The molecular formula is C17H21NO3. The maximum atomic E-state index is 12.1. The van der Waals surface area contributed by atoms with Gasteiger partial charge in [0.15, 0.2) is 0 Å². The minimum Gasteiger partial charge on any atom is -0.464 e. The van der Waals surface area contributed by atoms with E-state index in [4.69, 9.17) is 4.74 Å². The van der Waals surface area contributed by atoms with Gasteiger partial charge in [0.25, 0.3) is 5.56 Å². The molecule has 4 nitrogen and oxygen atoms in total. The van der Waals surface area contributed by atoms with E-state index < -0.39 is 0 Å². The number of hydrogen-bond acceptors (Lipinski definition) is 3. The van der Waals surface area contributed by atoms with Crippen molar-refractivity contribution in [3.05, 3.63) is 46.2 Å². The van der Waals surface area contributed by atoms with Gasteiger partial charge in [-0.2, -0.15) is 0 Å². The number of carbonyl (C=O) groups is 1. The molecule has 0 aliphatic carbocycles. The number of rotatable bonds is 6. The number of ether oxygens (including phenoxy) is 1. The quantitative estimate of drug-likeness (QED) is 0.606. The molecule has 0 aliphatic rings. The number of aromatic nitrogens is 1. The molecule has 21 heavy (non-hydrogen) atoms. The fourth-order valence-corrected chi connectivity index (χ4v) is 2.38. The van der Waals surface area contributed by atoms with Crippen molar-refractivity contribution in [1.29, 1.82) is 0 Å². The molecule has 1 aromatic carbocycles. The first-order valence-corrected chi connectivity index (χ1v) is 7.38. The minimum absolute atomic E-state index is 0.0360. The van der Waals surface area contributed by atoms with Crippen molar-refractivity contribution in [2.45, 2.75) is 39.7 Å². The van der Waals surface area contributed by atoms with E-state index in [2.05, 4.69) is 6.92 Å². The molecular weight excluding hydrogens is 266 g/mol. The molecule has 0 N–H and O–H groups in total. The highest BCUT2D eigenvalue weighted by atomic mass is 16.5. The van der Waals surface area contributed by atoms with Crippen LogP contribution in [-0.2, 0) is 16.1 Å². The maximum absolute atomic E-state index is 12.1. The summed E-state index contributed by atoms with van der Waals surface area (Å²) < 4.78 is 6.66. The Morgan fingerprint density at radius 2 is 2.00 bits per heavy atom. The lowest BCUT2D eigenvalue weighted by Crippen LogP contribution is -2.25. The molecule has 1 aromatic heterocycles. The molecule has 0 aliphatic heterocycles. The minimum atomic E-state index is -0.359. The van der Waals surface area contributed by atoms with Gasteiger partial charge in [-0.05, 0) is 25.0 Å². The zero-order valence-corrected chi connectivity index (χ0v) is 12.6. The van der Waals surface area contributed by atoms with Gasteiger partial charge in [0, 0.05) is 11.5 Å². The Bertz CT molecular complexity index is 688. The Hall–Kier alpha value is -2.10. The van der Waals surface area contributed by atoms with E-state index in [1.54, 1.807) is 6.07 Å². The third-order valence-corrected chi connectivity index (χ3v) is 3.52. The average molecular weight is 287 g/mol. The normalized spacial score (nSPS) is 10.8. The first-order chi connectivity index (χ1) is 10.1. The van der Waals surface area contributed by atoms with Gasteiger partial charge in [-0.25, -0.2) is 0 Å². The van der Waals surface area contributed by atoms with Crippen LogP contribution in [0.4, 0.5) is 0 Å². The maximum Gasteiger partial charge on any atom is 0.326 e. The molecule has 0 amide bonds. The van der Waals surface area contributed by atoms with Gasteiger partial charge in [-0.3, -0.25) is 14.2 Å². The number of para-hydroxylation sites is 1. The third-order valence-electron chi connectivity index (χ3n) is 3.52. The summed E-state index contributed by atoms with van der Waals surface area (Å²) in [7, 11) is 0. The fourth-order valence-electron chi connectivity index (χ4n) is 2.38. The number of fused-ring (bicyclic) bond motifs is 1. The SMILES string of the molecule is CCCCCOC(=O)Cn1c(=O)cc(C)c2ccccc21. The molecule has 0 saturated carbocycles. The second kappa shape index (κ2) is 7.07. The largest absolute Gasteiger partial charge is 0.464 e. The number of esters is 1. The lowest BCUT2D eigenvalue weighted by Gasteiger charge is -2.11. The lowest BCUT2D eigenvalue weighted by atomic mass is 10.1. The molecule has 112 valence electrons. The van der Waals surface area contributed by atoms with Crippen LogP contribution in [-0.4, -0.2) is 17.1 Å². The summed E-state index contributed by atoms with van der Waals surface area (Å²) in [4.78, 5) is 24.0. The fraction of sp³-hybridized carbons (Fsp3) is 0.412. The Morgan fingerprint density at radius 1 is 1.24 bits per heavy atom. The number of unbranched alkanes of at least 4 members (excludes halogenated alkanes) is 2. The van der Waals surface area contributed by atoms with Crippen LogP contribution in [0.1, 0.15) is 31.7 Å². The van der Waals surface area contributed by atoms with Gasteiger partial charge in [0.1, 0.15) is 6.54 Å². The van der Waals surface area contributed by atoms with Crippen molar-refractivity contribution in [3.63, 3.8) is 0 Å². The van der Waals surface area contributed by atoms with E-state index in [-0.39, 0.29) is 18.1 Å². The van der Waals surface area contributed by atoms with E-state index in [0.717, 1.165) is 35.7 Å². The first kappa shape index (κ1) is 15.3. The van der Waals surface area contributed by atoms with E-state index in [0.29, 0.717) is 6.61 Å². The van der Waals surface area contributed by atoms with E-state index in [9.17, 15) is 9.59 Å². The van der Waals surface area contributed by atoms with Crippen LogP contribution in [0.25, 0.3) is 10.9 Å². The summed E-state index contributed by atoms with van der Waals surface area (Å²) in [5.41, 5.74) is 1.52. The Morgan fingerprint density at radius 3 is 2.76 bits per heavy atom. The number of benzene rings is 1. The summed E-state index contributed by atoms with van der Waals surface area (Å²) in [5.74, 6) is -0.359. The number of nitrogens with zero attached hydrogens (tertiary/aromatic N) is 1. The van der Waals surface area contributed by atoms with Crippen LogP contribution in [0.3, 0.4) is 0 Å². The van der Waals surface area contributed by atoms with Gasteiger partial charge >= 0.3 is 5.97 Å². The predicted molar refractivity (Wildman–Crippen MR) is 83.4 cm³/mol. The molecule has 0 fully saturated rings. The third kappa shape index (κ3) is 3.72. The highest BCUT2D eigenvalue weighted by Gasteiger charge is 2.10. The highest BCUT2D eigenvalue weighted by Crippen LogP contribution is 2.15. The summed E-state index contributed by atoms with van der Waals surface area (Å²) in [6, 6.07) is 9.16. The van der Waals surface area contributed by atoms with Crippen LogP contribution in [0.15, 0.2) is 35.1 Å². The summed E-state index contributed by atoms with van der Waals surface area (Å²) in [5, 5.41) is 0.982. The molecule has 1 heterocycles. The van der Waals surface area contributed by atoms with Crippen LogP contribution in [0.5, 0.6) is 0 Å². The van der Waals surface area contributed by atoms with Crippen LogP contribution in [0, 0.1) is 6.92 Å². The molecule has 0 spiro atoms. The molecule has 2 aromatic rings. The van der Waals surface area contributed by atoms with Crippen molar-refractivity contribution in [2.75, 3.05) is 6.61 Å². The van der Waals surface area contributed by atoms with Gasteiger partial charge < -0.3 is 4.74 Å². The lowest BCUT2D eigenvalue weighted by molar-refractivity contribution is -0.144. The Kier molecular flexibility index (Phi) is 5.14. The molecule has 4 heteroatoms. The molecule has 0 bridgehead atoms. The zero-order valence-electron chi connectivity index (χ0n) is 12.6. The monoisotopic (exact) mass is 287 g/mol. The average Bonchev–Trinajstić information content (AvgIpc) is 2.48. The smallest absolute Gasteiger partial charge is 0.326 e. The van der Waals surface area contributed by atoms with Crippen LogP contribution >= 0.6 is 0 Å². The standard InChI is InChI=1S/C17H21NO3/c1-3-4-7-10-21-17(20)12-18-15-9-6-5-8-14(15)13(2)11-16(18)19/h5-6,8-9,11H,3-4,7,10,12H2,1-2H3. The van der Waals surface area contributed by atoms with Gasteiger partial charge in [-0.15, -0.1) is 0 Å². The van der Waals surface area contributed by atoms with Crippen molar-refractivity contribution in [3.8, 4) is 0 Å². The van der Waals surface area contributed by atoms with Gasteiger partial charge in [0.2, 0.25) is 0 Å². The second-order valence-corrected chi connectivity index (χ2v) is 5.20. The number of aryl methyl sites for hydroxylation is 1. The van der Waals surface area contributed by atoms with Crippen molar-refractivity contribution in [1.82, 2.24) is 4.57 Å². The summed E-state index contributed by atoms with van der Waals surface area (Å²) >= 11 is 0. The summed E-state index contributed by atoms with van der Waals surface area (Å²) in [6.07, 6.45) is 2.99. The summed E-state index contributed by atoms with van der Waals surface area (Å²) in [6.45, 7) is 4.38. The van der Waals surface area contributed by atoms with E-state index >= 15 is 0 Å². The highest BCUT2D eigenvalue weighted by molar-refractivity contribution is 5.83.